The Morgan fingerprint density at radius 3 is 2.71 bits per heavy atom. The molecule has 2 rings (SSSR count). The van der Waals surface area contributed by atoms with Crippen molar-refractivity contribution in [1.82, 2.24) is 25.5 Å². The molecule has 2 aromatic rings. The average Bonchev–Trinajstić information content (AvgIpc) is 3.11. The number of imidazole rings is 1. The molecule has 7 nitrogen and oxygen atoms in total. The first kappa shape index (κ1) is 17.5. The zero-order valence-electron chi connectivity index (χ0n) is 13.7. The maximum Gasteiger partial charge on any atom is 0.315 e. The van der Waals surface area contributed by atoms with Crippen LogP contribution < -0.4 is 16.0 Å². The van der Waals surface area contributed by atoms with Gasteiger partial charge >= 0.3 is 6.03 Å². The lowest BCUT2D eigenvalue weighted by atomic mass is 10.2. The van der Waals surface area contributed by atoms with Crippen molar-refractivity contribution in [3.63, 3.8) is 0 Å². The smallest absolute Gasteiger partial charge is 0.315 e. The number of carbonyl (C=O) groups is 2. The molecule has 0 radical (unpaired) electrons. The van der Waals surface area contributed by atoms with E-state index in [-0.39, 0.29) is 11.9 Å². The molecule has 128 valence electrons. The Hall–Kier alpha value is -2.83. The second kappa shape index (κ2) is 9.34. The van der Waals surface area contributed by atoms with Crippen LogP contribution in [0.4, 0.5) is 4.79 Å². The first-order valence-corrected chi connectivity index (χ1v) is 7.97. The Labute approximate surface area is 141 Å². The van der Waals surface area contributed by atoms with Crippen LogP contribution in [-0.2, 0) is 17.9 Å². The monoisotopic (exact) mass is 329 g/mol. The molecule has 0 fully saturated rings. The first-order valence-electron chi connectivity index (χ1n) is 7.97. The number of aryl methyl sites for hydroxylation is 1. The Bertz CT molecular complexity index is 628. The normalized spacial score (nSPS) is 11.5. The van der Waals surface area contributed by atoms with Gasteiger partial charge in [0.25, 0.3) is 0 Å². The highest BCUT2D eigenvalue weighted by atomic mass is 16.2. The van der Waals surface area contributed by atoms with Crippen molar-refractivity contribution in [2.24, 2.45) is 0 Å². The van der Waals surface area contributed by atoms with Gasteiger partial charge in [-0.2, -0.15) is 0 Å². The zero-order valence-corrected chi connectivity index (χ0v) is 13.7. The van der Waals surface area contributed by atoms with Crippen LogP contribution in [0, 0.1) is 0 Å². The van der Waals surface area contributed by atoms with Crippen molar-refractivity contribution < 1.29 is 9.59 Å². The fourth-order valence-electron chi connectivity index (χ4n) is 2.13. The third-order valence-electron chi connectivity index (χ3n) is 3.49. The lowest BCUT2D eigenvalue weighted by Gasteiger charge is -2.15. The van der Waals surface area contributed by atoms with E-state index in [9.17, 15) is 9.59 Å². The summed E-state index contributed by atoms with van der Waals surface area (Å²) in [6.07, 6.45) is 6.12. The van der Waals surface area contributed by atoms with Crippen LogP contribution in [0.3, 0.4) is 0 Å². The van der Waals surface area contributed by atoms with Crippen LogP contribution in [0.25, 0.3) is 0 Å². The van der Waals surface area contributed by atoms with Gasteiger partial charge in [-0.25, -0.2) is 9.78 Å². The minimum absolute atomic E-state index is 0.215. The highest BCUT2D eigenvalue weighted by molar-refractivity contribution is 5.86. The van der Waals surface area contributed by atoms with Crippen LogP contribution in [0.2, 0.25) is 0 Å². The molecule has 1 aromatic heterocycles. The quantitative estimate of drug-likeness (QED) is 0.638. The number of carbonyl (C=O) groups excluding carboxylic acids is 2. The second-order valence-corrected chi connectivity index (χ2v) is 5.48. The summed E-state index contributed by atoms with van der Waals surface area (Å²) >= 11 is 0. The van der Waals surface area contributed by atoms with E-state index in [1.165, 1.54) is 0 Å². The van der Waals surface area contributed by atoms with E-state index in [4.69, 9.17) is 0 Å². The van der Waals surface area contributed by atoms with Crippen molar-refractivity contribution in [3.8, 4) is 0 Å². The van der Waals surface area contributed by atoms with Crippen molar-refractivity contribution in [2.75, 3.05) is 6.54 Å². The van der Waals surface area contributed by atoms with Gasteiger partial charge < -0.3 is 20.5 Å². The molecule has 3 N–H and O–H groups in total. The molecule has 7 heteroatoms. The summed E-state index contributed by atoms with van der Waals surface area (Å²) in [6, 6.07) is 8.69. The molecule has 0 aliphatic heterocycles. The number of aromatic nitrogens is 2. The Morgan fingerprint density at radius 1 is 1.21 bits per heavy atom. The molecule has 1 aromatic carbocycles. The van der Waals surface area contributed by atoms with E-state index in [1.54, 1.807) is 19.4 Å². The SMILES string of the molecule is CC(NC(=O)NCCCn1ccnc1)C(=O)NCc1ccccc1. The number of rotatable bonds is 8. The Balaban J connectivity index is 1.60. The molecule has 1 unspecified atom stereocenters. The molecule has 3 amide bonds. The van der Waals surface area contributed by atoms with Gasteiger partial charge in [0, 0.05) is 32.0 Å². The predicted octanol–water partition coefficient (Wildman–Crippen LogP) is 1.28. The summed E-state index contributed by atoms with van der Waals surface area (Å²) in [5.74, 6) is -0.215. The van der Waals surface area contributed by atoms with Crippen LogP contribution >= 0.6 is 0 Å². The minimum atomic E-state index is -0.595. The van der Waals surface area contributed by atoms with E-state index in [0.717, 1.165) is 18.5 Å². The van der Waals surface area contributed by atoms with Crippen LogP contribution in [-0.4, -0.2) is 34.1 Å². The van der Waals surface area contributed by atoms with Gasteiger partial charge in [-0.05, 0) is 18.9 Å². The number of nitrogens with zero attached hydrogens (tertiary/aromatic N) is 2. The maximum atomic E-state index is 12.0. The number of hydrogen-bond donors (Lipinski definition) is 3. The van der Waals surface area contributed by atoms with Crippen molar-refractivity contribution >= 4 is 11.9 Å². The van der Waals surface area contributed by atoms with Crippen molar-refractivity contribution in [3.05, 3.63) is 54.6 Å². The molecule has 0 saturated heterocycles. The molecule has 0 aliphatic carbocycles. The van der Waals surface area contributed by atoms with Crippen LogP contribution in [0.1, 0.15) is 18.9 Å². The number of benzene rings is 1. The number of amides is 3. The lowest BCUT2D eigenvalue weighted by molar-refractivity contribution is -0.122. The summed E-state index contributed by atoms with van der Waals surface area (Å²) in [6.45, 7) is 3.42. The lowest BCUT2D eigenvalue weighted by Crippen LogP contribution is -2.48. The Morgan fingerprint density at radius 2 is 2.00 bits per heavy atom. The van der Waals surface area contributed by atoms with Gasteiger partial charge in [-0.15, -0.1) is 0 Å². The molecule has 1 heterocycles. The standard InChI is InChI=1S/C17H23N5O2/c1-14(16(23)20-12-15-6-3-2-4-7-15)21-17(24)19-8-5-10-22-11-9-18-13-22/h2-4,6-7,9,11,13-14H,5,8,10,12H2,1H3,(H,20,23)(H2,19,21,24). The van der Waals surface area contributed by atoms with Gasteiger partial charge in [-0.1, -0.05) is 30.3 Å². The molecule has 0 saturated carbocycles. The molecule has 24 heavy (non-hydrogen) atoms. The van der Waals surface area contributed by atoms with Gasteiger partial charge in [0.2, 0.25) is 5.91 Å². The highest BCUT2D eigenvalue weighted by Gasteiger charge is 2.14. The zero-order chi connectivity index (χ0) is 17.2. The third-order valence-corrected chi connectivity index (χ3v) is 3.49. The Kier molecular flexibility index (Phi) is 6.82. The fraction of sp³-hybridized carbons (Fsp3) is 0.353. The number of urea groups is 1. The predicted molar refractivity (Wildman–Crippen MR) is 91.1 cm³/mol. The third kappa shape index (κ3) is 6.12. The van der Waals surface area contributed by atoms with Crippen molar-refractivity contribution in [1.29, 1.82) is 0 Å². The van der Waals surface area contributed by atoms with Crippen LogP contribution in [0.15, 0.2) is 49.1 Å². The molecule has 0 aliphatic rings. The fourth-order valence-corrected chi connectivity index (χ4v) is 2.13. The van der Waals surface area contributed by atoms with Gasteiger partial charge in [-0.3, -0.25) is 4.79 Å². The molecule has 1 atom stereocenters. The van der Waals surface area contributed by atoms with E-state index in [0.29, 0.717) is 13.1 Å². The highest BCUT2D eigenvalue weighted by Crippen LogP contribution is 1.97. The summed E-state index contributed by atoms with van der Waals surface area (Å²) in [5, 5.41) is 8.17. The molecular weight excluding hydrogens is 306 g/mol. The first-order chi connectivity index (χ1) is 11.6. The average molecular weight is 329 g/mol. The summed E-state index contributed by atoms with van der Waals surface area (Å²) < 4.78 is 1.94. The van der Waals surface area contributed by atoms with E-state index in [1.807, 2.05) is 41.1 Å². The van der Waals surface area contributed by atoms with Crippen molar-refractivity contribution in [2.45, 2.75) is 32.5 Å². The van der Waals surface area contributed by atoms with Gasteiger partial charge in [0.1, 0.15) is 6.04 Å². The number of nitrogens with one attached hydrogen (secondary N) is 3. The molecule has 0 bridgehead atoms. The molecular formula is C17H23N5O2. The maximum absolute atomic E-state index is 12.0. The largest absolute Gasteiger partial charge is 0.350 e. The topological polar surface area (TPSA) is 88.1 Å². The second-order valence-electron chi connectivity index (χ2n) is 5.48. The van der Waals surface area contributed by atoms with E-state index >= 15 is 0 Å². The minimum Gasteiger partial charge on any atom is -0.350 e. The van der Waals surface area contributed by atoms with Gasteiger partial charge in [0.15, 0.2) is 0 Å². The summed E-state index contributed by atoms with van der Waals surface area (Å²) in [7, 11) is 0. The van der Waals surface area contributed by atoms with E-state index in [2.05, 4.69) is 20.9 Å². The number of hydrogen-bond acceptors (Lipinski definition) is 3. The van der Waals surface area contributed by atoms with Gasteiger partial charge in [0.05, 0.1) is 6.33 Å². The van der Waals surface area contributed by atoms with E-state index < -0.39 is 6.04 Å². The summed E-state index contributed by atoms with van der Waals surface area (Å²) in [5.41, 5.74) is 1.02. The van der Waals surface area contributed by atoms with Crippen LogP contribution in [0.5, 0.6) is 0 Å². The summed E-state index contributed by atoms with van der Waals surface area (Å²) in [4.78, 5) is 27.7. The molecule has 0 spiro atoms.